The van der Waals surface area contributed by atoms with E-state index in [2.05, 4.69) is 10.6 Å². The first kappa shape index (κ1) is 12.5. The summed E-state index contributed by atoms with van der Waals surface area (Å²) in [4.78, 5) is 14.2. The fourth-order valence-corrected chi connectivity index (χ4v) is 2.97. The zero-order chi connectivity index (χ0) is 13.2. The van der Waals surface area contributed by atoms with E-state index < -0.39 is 0 Å². The lowest BCUT2D eigenvalue weighted by Gasteiger charge is -2.24. The zero-order valence-electron chi connectivity index (χ0n) is 11.4. The number of rotatable bonds is 1. The van der Waals surface area contributed by atoms with Crippen LogP contribution in [0.5, 0.6) is 0 Å². The Morgan fingerprint density at radius 2 is 1.95 bits per heavy atom. The maximum absolute atomic E-state index is 12.3. The largest absolute Gasteiger partial charge is 0.323 e. The van der Waals surface area contributed by atoms with E-state index in [9.17, 15) is 4.79 Å². The Morgan fingerprint density at radius 3 is 2.74 bits per heavy atom. The first-order valence-corrected chi connectivity index (χ1v) is 7.09. The van der Waals surface area contributed by atoms with E-state index in [1.807, 2.05) is 36.1 Å². The van der Waals surface area contributed by atoms with Gasteiger partial charge in [0.15, 0.2) is 0 Å². The van der Waals surface area contributed by atoms with E-state index in [1.54, 1.807) is 0 Å². The van der Waals surface area contributed by atoms with Crippen LogP contribution < -0.4 is 10.6 Å². The van der Waals surface area contributed by atoms with Crippen LogP contribution in [-0.4, -0.2) is 36.1 Å². The predicted molar refractivity (Wildman–Crippen MR) is 76.3 cm³/mol. The van der Waals surface area contributed by atoms with Crippen molar-refractivity contribution in [1.29, 1.82) is 0 Å². The van der Waals surface area contributed by atoms with Crippen LogP contribution in [0.2, 0.25) is 0 Å². The monoisotopic (exact) mass is 259 g/mol. The summed E-state index contributed by atoms with van der Waals surface area (Å²) < 4.78 is 0. The molecule has 4 nitrogen and oxygen atoms in total. The van der Waals surface area contributed by atoms with E-state index in [-0.39, 0.29) is 6.03 Å². The van der Waals surface area contributed by atoms with Crippen LogP contribution in [0.25, 0.3) is 0 Å². The van der Waals surface area contributed by atoms with Gasteiger partial charge < -0.3 is 15.5 Å². The Kier molecular flexibility index (Phi) is 3.42. The van der Waals surface area contributed by atoms with Crippen LogP contribution in [0.1, 0.15) is 24.8 Å². The van der Waals surface area contributed by atoms with Gasteiger partial charge in [0, 0.05) is 30.9 Å². The molecule has 0 radical (unpaired) electrons. The molecular weight excluding hydrogens is 238 g/mol. The number of anilines is 1. The molecule has 2 aliphatic heterocycles. The first-order chi connectivity index (χ1) is 9.20. The molecule has 0 saturated carbocycles. The molecule has 4 heteroatoms. The molecule has 1 aromatic rings. The lowest BCUT2D eigenvalue weighted by atomic mass is 10.1. The van der Waals surface area contributed by atoms with Crippen LogP contribution in [-0.2, 0) is 0 Å². The molecule has 2 unspecified atom stereocenters. The number of carbonyl (C=O) groups excluding carboxylic acids is 1. The van der Waals surface area contributed by atoms with Gasteiger partial charge in [0.25, 0.3) is 0 Å². The second-order valence-corrected chi connectivity index (χ2v) is 5.67. The molecule has 3 rings (SSSR count). The fraction of sp³-hybridized carbons (Fsp3) is 0.533. The highest BCUT2D eigenvalue weighted by Crippen LogP contribution is 2.21. The minimum absolute atomic E-state index is 0.0261. The Balaban J connectivity index is 1.62. The number of benzene rings is 1. The maximum Gasteiger partial charge on any atom is 0.321 e. The van der Waals surface area contributed by atoms with Crippen molar-refractivity contribution in [2.24, 2.45) is 0 Å². The van der Waals surface area contributed by atoms with Gasteiger partial charge in [-0.05, 0) is 38.3 Å². The molecule has 0 aromatic heterocycles. The summed E-state index contributed by atoms with van der Waals surface area (Å²) >= 11 is 0. The van der Waals surface area contributed by atoms with Gasteiger partial charge in [-0.25, -0.2) is 4.79 Å². The number of aryl methyl sites for hydroxylation is 1. The molecule has 2 saturated heterocycles. The summed E-state index contributed by atoms with van der Waals surface area (Å²) in [6.45, 7) is 3.73. The van der Waals surface area contributed by atoms with Crippen molar-refractivity contribution < 1.29 is 4.79 Å². The summed E-state index contributed by atoms with van der Waals surface area (Å²) in [6, 6.07) is 9.06. The molecule has 102 valence electrons. The van der Waals surface area contributed by atoms with Gasteiger partial charge in [-0.1, -0.05) is 17.7 Å². The molecule has 19 heavy (non-hydrogen) atoms. The molecule has 1 aromatic carbocycles. The van der Waals surface area contributed by atoms with Crippen LogP contribution >= 0.6 is 0 Å². The third kappa shape index (κ3) is 2.89. The van der Waals surface area contributed by atoms with Crippen LogP contribution in [0.3, 0.4) is 0 Å². The number of fused-ring (bicyclic) bond motifs is 2. The van der Waals surface area contributed by atoms with Crippen molar-refractivity contribution >= 4 is 11.7 Å². The summed E-state index contributed by atoms with van der Waals surface area (Å²) in [7, 11) is 0. The molecular formula is C15H21N3O. The van der Waals surface area contributed by atoms with Crippen LogP contribution in [0.4, 0.5) is 10.5 Å². The maximum atomic E-state index is 12.3. The zero-order valence-corrected chi connectivity index (χ0v) is 11.4. The molecule has 2 fully saturated rings. The second-order valence-electron chi connectivity index (χ2n) is 5.67. The highest BCUT2D eigenvalue weighted by molar-refractivity contribution is 5.89. The number of carbonyl (C=O) groups is 1. The van der Waals surface area contributed by atoms with E-state index in [0.29, 0.717) is 12.1 Å². The van der Waals surface area contributed by atoms with Gasteiger partial charge in [0.2, 0.25) is 0 Å². The van der Waals surface area contributed by atoms with Gasteiger partial charge in [0.05, 0.1) is 0 Å². The molecule has 2 amide bonds. The van der Waals surface area contributed by atoms with E-state index in [4.69, 9.17) is 0 Å². The van der Waals surface area contributed by atoms with Crippen LogP contribution in [0.15, 0.2) is 24.3 Å². The number of amides is 2. The summed E-state index contributed by atoms with van der Waals surface area (Å²) in [5.74, 6) is 0. The quantitative estimate of drug-likeness (QED) is 0.813. The molecule has 0 spiro atoms. The van der Waals surface area contributed by atoms with Crippen molar-refractivity contribution in [3.8, 4) is 0 Å². The Bertz CT molecular complexity index is 457. The molecule has 2 aliphatic rings. The fourth-order valence-electron chi connectivity index (χ4n) is 2.97. The van der Waals surface area contributed by atoms with Gasteiger partial charge in [-0.3, -0.25) is 0 Å². The topological polar surface area (TPSA) is 44.4 Å². The third-order valence-corrected chi connectivity index (χ3v) is 4.11. The Morgan fingerprint density at radius 1 is 1.21 bits per heavy atom. The van der Waals surface area contributed by atoms with Crippen molar-refractivity contribution in [3.05, 3.63) is 29.8 Å². The van der Waals surface area contributed by atoms with Crippen LogP contribution in [0, 0.1) is 6.92 Å². The normalized spacial score (nSPS) is 26.1. The minimum atomic E-state index is 0.0261. The number of hydrogen-bond donors (Lipinski definition) is 2. The lowest BCUT2D eigenvalue weighted by Crippen LogP contribution is -2.41. The van der Waals surface area contributed by atoms with E-state index in [1.165, 1.54) is 18.4 Å². The number of nitrogens with zero attached hydrogens (tertiary/aromatic N) is 1. The summed E-state index contributed by atoms with van der Waals surface area (Å²) in [6.07, 6.45) is 3.52. The second kappa shape index (κ2) is 5.21. The van der Waals surface area contributed by atoms with E-state index in [0.717, 1.165) is 25.2 Å². The smallest absolute Gasteiger partial charge is 0.321 e. The summed E-state index contributed by atoms with van der Waals surface area (Å²) in [5, 5.41) is 6.57. The van der Waals surface area contributed by atoms with Gasteiger partial charge in [0.1, 0.15) is 0 Å². The van der Waals surface area contributed by atoms with Gasteiger partial charge in [-0.2, -0.15) is 0 Å². The predicted octanol–water partition coefficient (Wildman–Crippen LogP) is 2.35. The van der Waals surface area contributed by atoms with E-state index >= 15 is 0 Å². The Hall–Kier alpha value is -1.55. The van der Waals surface area contributed by atoms with Gasteiger partial charge >= 0.3 is 6.03 Å². The highest BCUT2D eigenvalue weighted by Gasteiger charge is 2.31. The molecule has 0 aliphatic carbocycles. The molecule has 2 N–H and O–H groups in total. The molecule has 2 atom stereocenters. The van der Waals surface area contributed by atoms with Crippen molar-refractivity contribution in [2.75, 3.05) is 18.4 Å². The molecule has 2 heterocycles. The minimum Gasteiger partial charge on any atom is -0.323 e. The van der Waals surface area contributed by atoms with Crippen molar-refractivity contribution in [2.45, 2.75) is 38.3 Å². The summed E-state index contributed by atoms with van der Waals surface area (Å²) in [5.41, 5.74) is 2.08. The molecule has 2 bridgehead atoms. The third-order valence-electron chi connectivity index (χ3n) is 4.11. The highest BCUT2D eigenvalue weighted by atomic mass is 16.2. The Labute approximate surface area is 114 Å². The standard InChI is InChI=1S/C15H21N3O/c1-11-2-4-12(5-3-11)17-15(19)18-9-8-13-6-7-14(10-18)16-13/h2-5,13-14,16H,6-10H2,1H3,(H,17,19). The lowest BCUT2D eigenvalue weighted by molar-refractivity contribution is 0.208. The number of urea groups is 1. The number of hydrogen-bond acceptors (Lipinski definition) is 2. The average Bonchev–Trinajstić information content (AvgIpc) is 2.71. The average molecular weight is 259 g/mol. The first-order valence-electron chi connectivity index (χ1n) is 7.09. The number of likely N-dealkylation sites (tertiary alicyclic amines) is 1. The van der Waals surface area contributed by atoms with Gasteiger partial charge in [-0.15, -0.1) is 0 Å². The van der Waals surface area contributed by atoms with Crippen molar-refractivity contribution in [1.82, 2.24) is 10.2 Å². The number of nitrogens with one attached hydrogen (secondary N) is 2. The SMILES string of the molecule is Cc1ccc(NC(=O)N2CCC3CCC(C2)N3)cc1. The van der Waals surface area contributed by atoms with Crippen molar-refractivity contribution in [3.63, 3.8) is 0 Å².